The summed E-state index contributed by atoms with van der Waals surface area (Å²) < 4.78 is 5.72. The number of nitrogens with two attached hydrogens (primary N) is 1. The van der Waals surface area contributed by atoms with Gasteiger partial charge < -0.3 is 10.6 Å². The Morgan fingerprint density at radius 2 is 2.64 bits per heavy atom. The molecule has 0 aliphatic heterocycles. The zero-order chi connectivity index (χ0) is 8.27. The molecule has 2 N–H and O–H groups in total. The Labute approximate surface area is 63.8 Å². The van der Waals surface area contributed by atoms with Gasteiger partial charge in [0.25, 0.3) is 0 Å². The smallest absolute Gasteiger partial charge is 0.311 e. The van der Waals surface area contributed by atoms with E-state index in [9.17, 15) is 4.79 Å². The van der Waals surface area contributed by atoms with Gasteiger partial charge in [0.05, 0.1) is 19.2 Å². The number of imidazole rings is 1. The summed E-state index contributed by atoms with van der Waals surface area (Å²) in [6.07, 6.45) is 3.16. The van der Waals surface area contributed by atoms with Gasteiger partial charge in [-0.2, -0.15) is 0 Å². The summed E-state index contributed by atoms with van der Waals surface area (Å²) in [5.41, 5.74) is 0.611. The highest BCUT2D eigenvalue weighted by Crippen LogP contribution is 1.94. The fraction of sp³-hybridized carbons (Fsp3) is 0.333. The average Bonchev–Trinajstić information content (AvgIpc) is 2.35. The normalized spacial score (nSPS) is 9.55. The van der Waals surface area contributed by atoms with Crippen molar-refractivity contribution < 1.29 is 9.53 Å². The molecule has 1 aromatic heterocycles. The lowest BCUT2D eigenvalue weighted by Crippen LogP contribution is -2.06. The van der Waals surface area contributed by atoms with Crippen LogP contribution in [0.2, 0.25) is 0 Å². The van der Waals surface area contributed by atoms with Crippen LogP contribution in [0.4, 0.5) is 0 Å². The molecule has 0 aliphatic carbocycles. The third kappa shape index (κ3) is 1.96. The van der Waals surface area contributed by atoms with Crippen LogP contribution >= 0.6 is 0 Å². The number of carbonyl (C=O) groups excluding carboxylic acids is 1. The molecule has 1 rings (SSSR count). The molecular formula is C6H9N3O2. The standard InChI is InChI=1S/C6H9N3O2/c1-11-6(10)2-5-3-9(7)4-8-5/h3-4H,2,7H2,1H3. The van der Waals surface area contributed by atoms with Crippen LogP contribution in [0.5, 0.6) is 0 Å². The Morgan fingerprint density at radius 3 is 3.09 bits per heavy atom. The summed E-state index contributed by atoms with van der Waals surface area (Å²) in [4.78, 5) is 14.5. The van der Waals surface area contributed by atoms with Crippen molar-refractivity contribution in [3.63, 3.8) is 0 Å². The van der Waals surface area contributed by atoms with E-state index in [4.69, 9.17) is 5.84 Å². The molecule has 0 aromatic carbocycles. The van der Waals surface area contributed by atoms with Gasteiger partial charge in [-0.25, -0.2) is 4.98 Å². The first-order chi connectivity index (χ1) is 5.22. The van der Waals surface area contributed by atoms with Crippen LogP contribution in [-0.4, -0.2) is 22.7 Å². The number of hydrogen-bond donors (Lipinski definition) is 1. The zero-order valence-electron chi connectivity index (χ0n) is 6.15. The first kappa shape index (κ1) is 7.59. The van der Waals surface area contributed by atoms with E-state index in [0.717, 1.165) is 0 Å². The Balaban J connectivity index is 2.57. The fourth-order valence-corrected chi connectivity index (χ4v) is 0.691. The van der Waals surface area contributed by atoms with Crippen molar-refractivity contribution >= 4 is 5.97 Å². The van der Waals surface area contributed by atoms with Gasteiger partial charge in [0.2, 0.25) is 0 Å². The van der Waals surface area contributed by atoms with E-state index in [2.05, 4.69) is 9.72 Å². The SMILES string of the molecule is COC(=O)Cc1cn(N)cn1. The Morgan fingerprint density at radius 1 is 1.91 bits per heavy atom. The number of hydrogen-bond acceptors (Lipinski definition) is 4. The van der Waals surface area contributed by atoms with Crippen molar-refractivity contribution in [2.45, 2.75) is 6.42 Å². The molecule has 0 saturated carbocycles. The number of nitrogen functional groups attached to an aromatic ring is 1. The average molecular weight is 155 g/mol. The molecule has 0 aliphatic rings. The van der Waals surface area contributed by atoms with Gasteiger partial charge in [0.15, 0.2) is 0 Å². The molecule has 0 unspecified atom stereocenters. The molecule has 1 aromatic rings. The molecular weight excluding hydrogens is 146 g/mol. The molecule has 11 heavy (non-hydrogen) atoms. The predicted molar refractivity (Wildman–Crippen MR) is 38.1 cm³/mol. The second kappa shape index (κ2) is 3.05. The number of methoxy groups -OCH3 is 1. The minimum absolute atomic E-state index is 0.167. The molecule has 0 saturated heterocycles. The van der Waals surface area contributed by atoms with Gasteiger partial charge in [-0.3, -0.25) is 9.47 Å². The van der Waals surface area contributed by atoms with Gasteiger partial charge in [-0.05, 0) is 0 Å². The first-order valence-electron chi connectivity index (χ1n) is 3.07. The second-order valence-electron chi connectivity index (χ2n) is 2.07. The predicted octanol–water partition coefficient (Wildman–Crippen LogP) is -0.688. The highest BCUT2D eigenvalue weighted by atomic mass is 16.5. The fourth-order valence-electron chi connectivity index (χ4n) is 0.691. The van der Waals surface area contributed by atoms with Gasteiger partial charge in [0.1, 0.15) is 6.33 Å². The first-order valence-corrected chi connectivity index (χ1v) is 3.07. The molecule has 5 nitrogen and oxygen atoms in total. The van der Waals surface area contributed by atoms with E-state index >= 15 is 0 Å². The molecule has 0 radical (unpaired) electrons. The maximum atomic E-state index is 10.7. The van der Waals surface area contributed by atoms with Crippen LogP contribution in [0.1, 0.15) is 5.69 Å². The molecule has 5 heteroatoms. The van der Waals surface area contributed by atoms with Gasteiger partial charge in [-0.1, -0.05) is 0 Å². The Kier molecular flexibility index (Phi) is 2.10. The van der Waals surface area contributed by atoms with Crippen molar-refractivity contribution in [2.24, 2.45) is 0 Å². The summed E-state index contributed by atoms with van der Waals surface area (Å²) in [5.74, 6) is 4.98. The van der Waals surface area contributed by atoms with Crippen molar-refractivity contribution in [1.29, 1.82) is 0 Å². The number of aromatic nitrogens is 2. The Bertz CT molecular complexity index is 256. The van der Waals surface area contributed by atoms with Crippen molar-refractivity contribution in [3.8, 4) is 0 Å². The topological polar surface area (TPSA) is 70.1 Å². The highest BCUT2D eigenvalue weighted by Gasteiger charge is 2.04. The van der Waals surface area contributed by atoms with Crippen molar-refractivity contribution in [2.75, 3.05) is 13.0 Å². The summed E-state index contributed by atoms with van der Waals surface area (Å²) in [5, 5.41) is 0. The van der Waals surface area contributed by atoms with E-state index in [0.29, 0.717) is 5.69 Å². The van der Waals surface area contributed by atoms with Crippen molar-refractivity contribution in [3.05, 3.63) is 18.2 Å². The van der Waals surface area contributed by atoms with Crippen LogP contribution in [0.15, 0.2) is 12.5 Å². The summed E-state index contributed by atoms with van der Waals surface area (Å²) in [6.45, 7) is 0. The minimum Gasteiger partial charge on any atom is -0.469 e. The highest BCUT2D eigenvalue weighted by molar-refractivity contribution is 5.71. The number of nitrogens with zero attached hydrogens (tertiary/aromatic N) is 2. The second-order valence-corrected chi connectivity index (χ2v) is 2.07. The molecule has 1 heterocycles. The molecule has 0 spiro atoms. The minimum atomic E-state index is -0.316. The third-order valence-corrected chi connectivity index (χ3v) is 1.21. The molecule has 60 valence electrons. The van der Waals surface area contributed by atoms with E-state index in [1.807, 2.05) is 0 Å². The lowest BCUT2D eigenvalue weighted by Gasteiger charge is -1.93. The van der Waals surface area contributed by atoms with Gasteiger partial charge >= 0.3 is 5.97 Å². The molecule has 0 fully saturated rings. The number of ether oxygens (including phenoxy) is 1. The van der Waals surface area contributed by atoms with E-state index in [1.165, 1.54) is 18.1 Å². The quantitative estimate of drug-likeness (QED) is 0.453. The lowest BCUT2D eigenvalue weighted by atomic mass is 10.3. The van der Waals surface area contributed by atoms with Crippen LogP contribution in [0.3, 0.4) is 0 Å². The van der Waals surface area contributed by atoms with Crippen LogP contribution in [-0.2, 0) is 16.0 Å². The molecule has 0 atom stereocenters. The van der Waals surface area contributed by atoms with Crippen molar-refractivity contribution in [1.82, 2.24) is 9.66 Å². The summed E-state index contributed by atoms with van der Waals surface area (Å²) >= 11 is 0. The Hall–Kier alpha value is -1.52. The van der Waals surface area contributed by atoms with E-state index < -0.39 is 0 Å². The maximum absolute atomic E-state index is 10.7. The van der Waals surface area contributed by atoms with Crippen LogP contribution < -0.4 is 5.84 Å². The van der Waals surface area contributed by atoms with E-state index in [-0.39, 0.29) is 12.4 Å². The van der Waals surface area contributed by atoms with Crippen LogP contribution in [0, 0.1) is 0 Å². The monoisotopic (exact) mass is 155 g/mol. The summed E-state index contributed by atoms with van der Waals surface area (Å²) in [6, 6.07) is 0. The lowest BCUT2D eigenvalue weighted by molar-refractivity contribution is -0.139. The third-order valence-electron chi connectivity index (χ3n) is 1.21. The van der Waals surface area contributed by atoms with Gasteiger partial charge in [0, 0.05) is 6.20 Å². The number of carbonyl (C=O) groups is 1. The van der Waals surface area contributed by atoms with Gasteiger partial charge in [-0.15, -0.1) is 0 Å². The maximum Gasteiger partial charge on any atom is 0.311 e. The largest absolute Gasteiger partial charge is 0.469 e. The van der Waals surface area contributed by atoms with Crippen LogP contribution in [0.25, 0.3) is 0 Å². The molecule has 0 bridgehead atoms. The summed E-state index contributed by atoms with van der Waals surface area (Å²) in [7, 11) is 1.34. The van der Waals surface area contributed by atoms with E-state index in [1.54, 1.807) is 6.20 Å². The molecule has 0 amide bonds. The zero-order valence-corrected chi connectivity index (χ0v) is 6.15. The number of esters is 1. The number of rotatable bonds is 2.